The Morgan fingerprint density at radius 2 is 2.43 bits per heavy atom. The lowest BCUT2D eigenvalue weighted by molar-refractivity contribution is -0.117. The summed E-state index contributed by atoms with van der Waals surface area (Å²) in [5.74, 6) is 0.597. The average molecular weight is 191 g/mol. The molecule has 1 N–H and O–H groups in total. The molecule has 1 unspecified atom stereocenters. The van der Waals surface area contributed by atoms with Gasteiger partial charge in [0.05, 0.1) is 6.61 Å². The molecule has 1 fully saturated rings. The van der Waals surface area contributed by atoms with Crippen molar-refractivity contribution >= 4 is 5.78 Å². The number of aliphatic hydroxyl groups excluding tert-OH is 1. The van der Waals surface area contributed by atoms with E-state index in [1.165, 1.54) is 0 Å². The third-order valence-corrected chi connectivity index (χ3v) is 2.69. The number of hydrogen-bond donors (Lipinski definition) is 1. The van der Waals surface area contributed by atoms with Gasteiger partial charge in [-0.2, -0.15) is 0 Å². The fourth-order valence-corrected chi connectivity index (χ4v) is 1.88. The Balaban J connectivity index is 2.19. The van der Waals surface area contributed by atoms with Gasteiger partial charge in [-0.3, -0.25) is 9.78 Å². The highest BCUT2D eigenvalue weighted by molar-refractivity contribution is 5.81. The number of aromatic nitrogens is 1. The summed E-state index contributed by atoms with van der Waals surface area (Å²) in [5, 5.41) is 8.96. The van der Waals surface area contributed by atoms with Crippen molar-refractivity contribution in [2.45, 2.75) is 31.8 Å². The summed E-state index contributed by atoms with van der Waals surface area (Å²) in [7, 11) is 0. The van der Waals surface area contributed by atoms with E-state index in [-0.39, 0.29) is 12.5 Å². The molecule has 1 heterocycles. The number of pyridine rings is 1. The van der Waals surface area contributed by atoms with Crippen LogP contribution < -0.4 is 0 Å². The molecule has 0 aromatic carbocycles. The second-order valence-corrected chi connectivity index (χ2v) is 3.73. The molecule has 0 bridgehead atoms. The van der Waals surface area contributed by atoms with Gasteiger partial charge in [-0.15, -0.1) is 0 Å². The van der Waals surface area contributed by atoms with Crippen molar-refractivity contribution in [2.24, 2.45) is 0 Å². The number of rotatable bonds is 2. The van der Waals surface area contributed by atoms with Crippen LogP contribution in [-0.4, -0.2) is 15.9 Å². The van der Waals surface area contributed by atoms with Crippen LogP contribution in [0.3, 0.4) is 0 Å². The summed E-state index contributed by atoms with van der Waals surface area (Å²) in [6, 6.07) is 3.68. The first kappa shape index (κ1) is 9.34. The van der Waals surface area contributed by atoms with Crippen LogP contribution in [0.25, 0.3) is 0 Å². The average Bonchev–Trinajstić information content (AvgIpc) is 2.65. The highest BCUT2D eigenvalue weighted by Crippen LogP contribution is 2.30. The Hall–Kier alpha value is -1.22. The minimum atomic E-state index is 0.0379. The van der Waals surface area contributed by atoms with E-state index in [2.05, 4.69) is 4.98 Å². The molecule has 0 amide bonds. The Labute approximate surface area is 82.8 Å². The first-order valence-corrected chi connectivity index (χ1v) is 4.87. The van der Waals surface area contributed by atoms with E-state index in [9.17, 15) is 4.79 Å². The van der Waals surface area contributed by atoms with Crippen molar-refractivity contribution in [3.63, 3.8) is 0 Å². The van der Waals surface area contributed by atoms with Crippen LogP contribution in [0, 0.1) is 0 Å². The standard InChI is InChI=1S/C11H13NO2/c13-7-8-3-4-12-11(5-8)9-1-2-10(14)6-9/h3-5,9,13H,1-2,6-7H2. The zero-order chi connectivity index (χ0) is 9.97. The second-order valence-electron chi connectivity index (χ2n) is 3.73. The summed E-state index contributed by atoms with van der Waals surface area (Å²) < 4.78 is 0. The molecule has 1 saturated carbocycles. The Morgan fingerprint density at radius 3 is 3.07 bits per heavy atom. The highest BCUT2D eigenvalue weighted by atomic mass is 16.3. The predicted octanol–water partition coefficient (Wildman–Crippen LogP) is 1.41. The first-order valence-electron chi connectivity index (χ1n) is 4.87. The summed E-state index contributed by atoms with van der Waals surface area (Å²) >= 11 is 0. The molecule has 0 spiro atoms. The van der Waals surface area contributed by atoms with Gasteiger partial charge < -0.3 is 5.11 Å². The second kappa shape index (κ2) is 3.88. The largest absolute Gasteiger partial charge is 0.392 e. The van der Waals surface area contributed by atoms with Crippen molar-refractivity contribution in [1.29, 1.82) is 0 Å². The van der Waals surface area contributed by atoms with Gasteiger partial charge in [0, 0.05) is 30.7 Å². The molecule has 2 rings (SSSR count). The van der Waals surface area contributed by atoms with Crippen molar-refractivity contribution < 1.29 is 9.90 Å². The van der Waals surface area contributed by atoms with Gasteiger partial charge in [0.15, 0.2) is 0 Å². The normalized spacial score (nSPS) is 21.5. The van der Waals surface area contributed by atoms with Crippen LogP contribution in [-0.2, 0) is 11.4 Å². The van der Waals surface area contributed by atoms with Crippen LogP contribution in [0.4, 0.5) is 0 Å². The van der Waals surface area contributed by atoms with Gasteiger partial charge in [0.25, 0.3) is 0 Å². The molecular weight excluding hydrogens is 178 g/mol. The summed E-state index contributed by atoms with van der Waals surface area (Å²) in [6.45, 7) is 0.0379. The van der Waals surface area contributed by atoms with Gasteiger partial charge >= 0.3 is 0 Å². The number of nitrogens with zero attached hydrogens (tertiary/aromatic N) is 1. The predicted molar refractivity (Wildman–Crippen MR) is 51.8 cm³/mol. The maximum atomic E-state index is 11.1. The Kier molecular flexibility index (Phi) is 2.59. The smallest absolute Gasteiger partial charge is 0.133 e. The first-order chi connectivity index (χ1) is 6.79. The topological polar surface area (TPSA) is 50.2 Å². The summed E-state index contributed by atoms with van der Waals surface area (Å²) in [6.07, 6.45) is 3.89. The van der Waals surface area contributed by atoms with E-state index in [0.717, 1.165) is 17.7 Å². The fourth-order valence-electron chi connectivity index (χ4n) is 1.88. The SMILES string of the molecule is O=C1CCC(c2cc(CO)ccn2)C1. The van der Waals surface area contributed by atoms with E-state index < -0.39 is 0 Å². The molecule has 1 aromatic rings. The number of ketones is 1. The van der Waals surface area contributed by atoms with E-state index in [1.54, 1.807) is 12.3 Å². The van der Waals surface area contributed by atoms with Crippen LogP contribution in [0.15, 0.2) is 18.3 Å². The number of carbonyl (C=O) groups is 1. The maximum Gasteiger partial charge on any atom is 0.133 e. The summed E-state index contributed by atoms with van der Waals surface area (Å²) in [4.78, 5) is 15.3. The fraction of sp³-hybridized carbons (Fsp3) is 0.455. The molecular formula is C11H13NO2. The lowest BCUT2D eigenvalue weighted by Gasteiger charge is -2.07. The van der Waals surface area contributed by atoms with E-state index in [0.29, 0.717) is 18.6 Å². The van der Waals surface area contributed by atoms with Crippen LogP contribution in [0.5, 0.6) is 0 Å². The quantitative estimate of drug-likeness (QED) is 0.769. The van der Waals surface area contributed by atoms with E-state index >= 15 is 0 Å². The molecule has 14 heavy (non-hydrogen) atoms. The molecule has 1 aliphatic carbocycles. The van der Waals surface area contributed by atoms with Crippen LogP contribution >= 0.6 is 0 Å². The van der Waals surface area contributed by atoms with E-state index in [4.69, 9.17) is 5.11 Å². The molecule has 3 nitrogen and oxygen atoms in total. The molecule has 0 saturated heterocycles. The molecule has 1 aliphatic rings. The lowest BCUT2D eigenvalue weighted by Crippen LogP contribution is -1.98. The van der Waals surface area contributed by atoms with Crippen molar-refractivity contribution in [1.82, 2.24) is 4.98 Å². The number of carbonyl (C=O) groups excluding carboxylic acids is 1. The third kappa shape index (κ3) is 1.82. The van der Waals surface area contributed by atoms with Crippen molar-refractivity contribution in [3.8, 4) is 0 Å². The van der Waals surface area contributed by atoms with Gasteiger partial charge in [0.2, 0.25) is 0 Å². The van der Waals surface area contributed by atoms with Gasteiger partial charge in [0.1, 0.15) is 5.78 Å². The van der Waals surface area contributed by atoms with Crippen LogP contribution in [0.1, 0.15) is 36.4 Å². The summed E-state index contributed by atoms with van der Waals surface area (Å²) in [5.41, 5.74) is 1.82. The molecule has 0 radical (unpaired) electrons. The number of aliphatic hydroxyl groups is 1. The van der Waals surface area contributed by atoms with Gasteiger partial charge in [-0.25, -0.2) is 0 Å². The van der Waals surface area contributed by atoms with Crippen LogP contribution in [0.2, 0.25) is 0 Å². The van der Waals surface area contributed by atoms with Crippen molar-refractivity contribution in [3.05, 3.63) is 29.6 Å². The van der Waals surface area contributed by atoms with Gasteiger partial charge in [-0.1, -0.05) is 0 Å². The zero-order valence-corrected chi connectivity index (χ0v) is 7.94. The number of hydrogen-bond acceptors (Lipinski definition) is 3. The van der Waals surface area contributed by atoms with Gasteiger partial charge in [-0.05, 0) is 24.1 Å². The maximum absolute atomic E-state index is 11.1. The third-order valence-electron chi connectivity index (χ3n) is 2.69. The molecule has 3 heteroatoms. The molecule has 0 aliphatic heterocycles. The molecule has 1 aromatic heterocycles. The zero-order valence-electron chi connectivity index (χ0n) is 7.94. The van der Waals surface area contributed by atoms with E-state index in [1.807, 2.05) is 6.07 Å². The Morgan fingerprint density at radius 1 is 1.57 bits per heavy atom. The van der Waals surface area contributed by atoms with Crippen molar-refractivity contribution in [2.75, 3.05) is 0 Å². The lowest BCUT2D eigenvalue weighted by atomic mass is 10.0. The Bertz CT molecular complexity index is 349. The minimum absolute atomic E-state index is 0.0379. The minimum Gasteiger partial charge on any atom is -0.392 e. The number of Topliss-reactive ketones (excluding diaryl/α,β-unsaturated/α-hetero) is 1. The molecule has 74 valence electrons. The highest BCUT2D eigenvalue weighted by Gasteiger charge is 2.24. The monoisotopic (exact) mass is 191 g/mol. The molecule has 1 atom stereocenters.